The lowest BCUT2D eigenvalue weighted by Crippen LogP contribution is -2.28. The number of halogens is 3. The Morgan fingerprint density at radius 2 is 1.79 bits per heavy atom. The number of hydrogen-bond donors (Lipinski definition) is 1. The van der Waals surface area contributed by atoms with Crippen LogP contribution in [0.5, 0.6) is 0 Å². The molecule has 3 nitrogen and oxygen atoms in total. The first-order valence-electron chi connectivity index (χ1n) is 6.02. The van der Waals surface area contributed by atoms with Crippen LogP contribution in [0.1, 0.15) is 5.56 Å². The zero-order chi connectivity index (χ0) is 14.3. The summed E-state index contributed by atoms with van der Waals surface area (Å²) in [6.07, 6.45) is -4.28. The van der Waals surface area contributed by atoms with Crippen LogP contribution < -0.4 is 5.32 Å². The molecule has 6 heteroatoms. The van der Waals surface area contributed by atoms with Crippen molar-refractivity contribution in [3.8, 4) is 0 Å². The van der Waals surface area contributed by atoms with Gasteiger partial charge >= 0.3 is 6.18 Å². The molecular formula is C13H19F3N2O. The average Bonchev–Trinajstić information content (AvgIpc) is 2.36. The van der Waals surface area contributed by atoms with Gasteiger partial charge in [-0.2, -0.15) is 13.2 Å². The van der Waals surface area contributed by atoms with Crippen LogP contribution in [0.2, 0.25) is 0 Å². The van der Waals surface area contributed by atoms with Gasteiger partial charge in [-0.1, -0.05) is 0 Å². The van der Waals surface area contributed by atoms with Crippen LogP contribution >= 0.6 is 0 Å². The molecule has 0 aliphatic rings. The summed E-state index contributed by atoms with van der Waals surface area (Å²) in [6, 6.07) is 5.05. The van der Waals surface area contributed by atoms with Crippen molar-refractivity contribution in [2.45, 2.75) is 6.18 Å². The highest BCUT2D eigenvalue weighted by atomic mass is 19.4. The lowest BCUT2D eigenvalue weighted by Gasteiger charge is -2.16. The van der Waals surface area contributed by atoms with Crippen molar-refractivity contribution in [3.05, 3.63) is 29.8 Å². The zero-order valence-electron chi connectivity index (χ0n) is 11.1. The van der Waals surface area contributed by atoms with Crippen LogP contribution in [-0.2, 0) is 10.9 Å². The largest absolute Gasteiger partial charge is 0.416 e. The molecule has 0 aliphatic heterocycles. The van der Waals surface area contributed by atoms with E-state index in [9.17, 15) is 13.2 Å². The molecule has 0 saturated carbocycles. The first-order valence-corrected chi connectivity index (χ1v) is 6.02. The fourth-order valence-electron chi connectivity index (χ4n) is 1.53. The predicted octanol–water partition coefficient (Wildman–Crippen LogP) is 2.70. The summed E-state index contributed by atoms with van der Waals surface area (Å²) >= 11 is 0. The fourth-order valence-corrected chi connectivity index (χ4v) is 1.53. The van der Waals surface area contributed by atoms with Crippen LogP contribution in [0.4, 0.5) is 18.9 Å². The van der Waals surface area contributed by atoms with E-state index in [0.717, 1.165) is 25.2 Å². The molecule has 0 aromatic heterocycles. The summed E-state index contributed by atoms with van der Waals surface area (Å²) in [5, 5.41) is 3.08. The van der Waals surface area contributed by atoms with Gasteiger partial charge < -0.3 is 15.0 Å². The predicted molar refractivity (Wildman–Crippen MR) is 69.3 cm³/mol. The topological polar surface area (TPSA) is 24.5 Å². The summed E-state index contributed by atoms with van der Waals surface area (Å²) in [5.41, 5.74) is 0.0587. The van der Waals surface area contributed by atoms with E-state index in [0.29, 0.717) is 18.8 Å². The number of anilines is 1. The molecular weight excluding hydrogens is 257 g/mol. The molecule has 1 aromatic carbocycles. The molecule has 0 unspecified atom stereocenters. The number of nitrogens with zero attached hydrogens (tertiary/aromatic N) is 1. The molecule has 0 heterocycles. The van der Waals surface area contributed by atoms with E-state index in [1.165, 1.54) is 12.1 Å². The number of likely N-dealkylation sites (N-methyl/N-ethyl adjacent to an activating group) is 1. The quantitative estimate of drug-likeness (QED) is 0.828. The van der Waals surface area contributed by atoms with Crippen LogP contribution in [-0.4, -0.2) is 45.3 Å². The van der Waals surface area contributed by atoms with Crippen molar-refractivity contribution in [1.29, 1.82) is 0 Å². The lowest BCUT2D eigenvalue weighted by molar-refractivity contribution is -0.137. The van der Waals surface area contributed by atoms with Gasteiger partial charge in [0.1, 0.15) is 0 Å². The summed E-state index contributed by atoms with van der Waals surface area (Å²) in [5.74, 6) is 0. The third kappa shape index (κ3) is 5.94. The summed E-state index contributed by atoms with van der Waals surface area (Å²) in [7, 11) is 3.61. The maximum absolute atomic E-state index is 12.4. The van der Waals surface area contributed by atoms with Gasteiger partial charge in [-0.3, -0.25) is 0 Å². The monoisotopic (exact) mass is 276 g/mol. The highest BCUT2D eigenvalue weighted by Crippen LogP contribution is 2.29. The van der Waals surface area contributed by atoms with Crippen LogP contribution in [0.15, 0.2) is 24.3 Å². The molecule has 0 aliphatic carbocycles. The number of nitrogens with one attached hydrogen (secondary N) is 1. The minimum atomic E-state index is -4.28. The summed E-state index contributed by atoms with van der Waals surface area (Å²) < 4.78 is 42.0. The Morgan fingerprint density at radius 1 is 1.16 bits per heavy atom. The number of ether oxygens (including phenoxy) is 1. The third-order valence-electron chi connectivity index (χ3n) is 2.71. The van der Waals surface area contributed by atoms with E-state index in [1.807, 2.05) is 7.05 Å². The van der Waals surface area contributed by atoms with E-state index >= 15 is 0 Å². The summed E-state index contributed by atoms with van der Waals surface area (Å²) in [6.45, 7) is 2.96. The lowest BCUT2D eigenvalue weighted by atomic mass is 10.2. The molecule has 0 atom stereocenters. The van der Waals surface area contributed by atoms with E-state index in [2.05, 4.69) is 10.2 Å². The molecule has 0 fully saturated rings. The molecule has 1 N–H and O–H groups in total. The van der Waals surface area contributed by atoms with Crippen molar-refractivity contribution < 1.29 is 17.9 Å². The molecule has 0 spiro atoms. The van der Waals surface area contributed by atoms with Gasteiger partial charge in [0.05, 0.1) is 12.2 Å². The van der Waals surface area contributed by atoms with Gasteiger partial charge in [0, 0.05) is 32.4 Å². The Kier molecular flexibility index (Phi) is 6.11. The normalized spacial score (nSPS) is 11.9. The Balaban J connectivity index is 2.34. The molecule has 1 aromatic rings. The Morgan fingerprint density at radius 3 is 2.32 bits per heavy atom. The zero-order valence-corrected chi connectivity index (χ0v) is 11.1. The maximum atomic E-state index is 12.4. The molecule has 0 bridgehead atoms. The third-order valence-corrected chi connectivity index (χ3v) is 2.71. The first kappa shape index (κ1) is 15.8. The number of alkyl halides is 3. The van der Waals surface area contributed by atoms with Gasteiger partial charge in [-0.25, -0.2) is 0 Å². The second kappa shape index (κ2) is 7.35. The van der Waals surface area contributed by atoms with Gasteiger partial charge in [0.25, 0.3) is 0 Å². The van der Waals surface area contributed by atoms with E-state index in [1.54, 1.807) is 7.11 Å². The molecule has 0 amide bonds. The minimum Gasteiger partial charge on any atom is -0.384 e. The standard InChI is InChI=1S/C13H19F3N2O/c1-18(9-10-19-2)8-7-17-12-5-3-11(4-6-12)13(14,15)16/h3-6,17H,7-10H2,1-2H3. The Labute approximate surface area is 111 Å². The van der Waals surface area contributed by atoms with Crippen LogP contribution in [0.25, 0.3) is 0 Å². The number of hydrogen-bond acceptors (Lipinski definition) is 3. The second-order valence-electron chi connectivity index (χ2n) is 4.30. The number of rotatable bonds is 7. The Hall–Kier alpha value is -1.27. The SMILES string of the molecule is COCCN(C)CCNc1ccc(C(F)(F)F)cc1. The van der Waals surface area contributed by atoms with Crippen LogP contribution in [0.3, 0.4) is 0 Å². The molecule has 108 valence electrons. The maximum Gasteiger partial charge on any atom is 0.416 e. The van der Waals surface area contributed by atoms with E-state index in [-0.39, 0.29) is 0 Å². The van der Waals surface area contributed by atoms with E-state index < -0.39 is 11.7 Å². The molecule has 1 rings (SSSR count). The van der Waals surface area contributed by atoms with Gasteiger partial charge in [-0.05, 0) is 31.3 Å². The van der Waals surface area contributed by atoms with Crippen molar-refractivity contribution >= 4 is 5.69 Å². The highest BCUT2D eigenvalue weighted by Gasteiger charge is 2.29. The average molecular weight is 276 g/mol. The van der Waals surface area contributed by atoms with Gasteiger partial charge in [-0.15, -0.1) is 0 Å². The van der Waals surface area contributed by atoms with Crippen molar-refractivity contribution in [1.82, 2.24) is 4.90 Å². The molecule has 0 radical (unpaired) electrons. The van der Waals surface area contributed by atoms with Crippen LogP contribution in [0, 0.1) is 0 Å². The fraction of sp³-hybridized carbons (Fsp3) is 0.538. The number of methoxy groups -OCH3 is 1. The van der Waals surface area contributed by atoms with Gasteiger partial charge in [0.15, 0.2) is 0 Å². The van der Waals surface area contributed by atoms with E-state index in [4.69, 9.17) is 4.74 Å². The summed E-state index contributed by atoms with van der Waals surface area (Å²) in [4.78, 5) is 2.08. The molecule has 0 saturated heterocycles. The number of benzene rings is 1. The van der Waals surface area contributed by atoms with Gasteiger partial charge in [0.2, 0.25) is 0 Å². The Bertz CT molecular complexity index is 365. The van der Waals surface area contributed by atoms with Crippen molar-refractivity contribution in [2.24, 2.45) is 0 Å². The second-order valence-corrected chi connectivity index (χ2v) is 4.30. The first-order chi connectivity index (χ1) is 8.93. The van der Waals surface area contributed by atoms with Crippen molar-refractivity contribution in [2.75, 3.05) is 45.7 Å². The minimum absolute atomic E-state index is 0.629. The molecule has 19 heavy (non-hydrogen) atoms. The van der Waals surface area contributed by atoms with Crippen molar-refractivity contribution in [3.63, 3.8) is 0 Å². The smallest absolute Gasteiger partial charge is 0.384 e. The highest BCUT2D eigenvalue weighted by molar-refractivity contribution is 5.45.